The van der Waals surface area contributed by atoms with Crippen molar-refractivity contribution in [3.63, 3.8) is 0 Å². The number of hydrogen-bond acceptors (Lipinski definition) is 2. The molecule has 1 unspecified atom stereocenters. The molecule has 3 nitrogen and oxygen atoms in total. The van der Waals surface area contributed by atoms with Crippen molar-refractivity contribution in [1.29, 1.82) is 0 Å². The Morgan fingerprint density at radius 2 is 1.48 bits per heavy atom. The second kappa shape index (κ2) is 8.20. The molecule has 0 saturated heterocycles. The van der Waals surface area contributed by atoms with E-state index in [1.54, 1.807) is 24.3 Å². The Morgan fingerprint density at radius 1 is 0.880 bits per heavy atom. The average molecular weight is 327 g/mol. The molecule has 1 atom stereocenters. The van der Waals surface area contributed by atoms with Crippen molar-refractivity contribution in [3.8, 4) is 5.75 Å². The van der Waals surface area contributed by atoms with E-state index in [2.05, 4.69) is 5.32 Å². The fourth-order valence-corrected chi connectivity index (χ4v) is 2.46. The predicted octanol–water partition coefficient (Wildman–Crippen LogP) is 2.92. The Kier molecular flexibility index (Phi) is 5.52. The van der Waals surface area contributed by atoms with E-state index in [0.29, 0.717) is 17.8 Å². The SMILES string of the molecule is [B]c1ccc(OC(C(=O)NCc2ccccc2)c2ccccc2)cc1. The van der Waals surface area contributed by atoms with E-state index in [4.69, 9.17) is 12.6 Å². The maximum absolute atomic E-state index is 12.7. The molecule has 3 aromatic rings. The molecule has 2 radical (unpaired) electrons. The van der Waals surface area contributed by atoms with Crippen molar-refractivity contribution in [2.45, 2.75) is 12.6 Å². The third-order valence-corrected chi connectivity index (χ3v) is 3.78. The molecule has 4 heteroatoms. The van der Waals surface area contributed by atoms with Gasteiger partial charge in [-0.25, -0.2) is 0 Å². The Bertz CT molecular complexity index is 804. The van der Waals surface area contributed by atoms with E-state index < -0.39 is 6.10 Å². The summed E-state index contributed by atoms with van der Waals surface area (Å²) in [5.41, 5.74) is 2.48. The van der Waals surface area contributed by atoms with E-state index in [1.165, 1.54) is 0 Å². The van der Waals surface area contributed by atoms with Crippen LogP contribution in [-0.4, -0.2) is 13.8 Å². The van der Waals surface area contributed by atoms with Gasteiger partial charge in [0.2, 0.25) is 6.10 Å². The highest BCUT2D eigenvalue weighted by Gasteiger charge is 2.22. The van der Waals surface area contributed by atoms with Crippen molar-refractivity contribution < 1.29 is 9.53 Å². The number of rotatable bonds is 6. The van der Waals surface area contributed by atoms with Crippen LogP contribution in [0.4, 0.5) is 0 Å². The van der Waals surface area contributed by atoms with Gasteiger partial charge in [0.05, 0.1) is 0 Å². The summed E-state index contributed by atoms with van der Waals surface area (Å²) < 4.78 is 5.94. The van der Waals surface area contributed by atoms with Gasteiger partial charge in [-0.05, 0) is 17.7 Å². The summed E-state index contributed by atoms with van der Waals surface area (Å²) in [5.74, 6) is 0.407. The predicted molar refractivity (Wildman–Crippen MR) is 99.9 cm³/mol. The van der Waals surface area contributed by atoms with Crippen LogP contribution in [0.2, 0.25) is 0 Å². The Morgan fingerprint density at radius 3 is 2.12 bits per heavy atom. The van der Waals surface area contributed by atoms with Gasteiger partial charge in [0.1, 0.15) is 13.6 Å². The molecule has 0 spiro atoms. The van der Waals surface area contributed by atoms with E-state index >= 15 is 0 Å². The quantitative estimate of drug-likeness (QED) is 0.707. The molecule has 0 aliphatic carbocycles. The van der Waals surface area contributed by atoms with Crippen molar-refractivity contribution in [3.05, 3.63) is 96.1 Å². The molecule has 0 fully saturated rings. The summed E-state index contributed by atoms with van der Waals surface area (Å²) in [6.45, 7) is 0.452. The van der Waals surface area contributed by atoms with Crippen LogP contribution in [0.25, 0.3) is 0 Å². The average Bonchev–Trinajstić information content (AvgIpc) is 2.67. The summed E-state index contributed by atoms with van der Waals surface area (Å²) in [5, 5.41) is 2.94. The van der Waals surface area contributed by atoms with Crippen LogP contribution in [0.5, 0.6) is 5.75 Å². The second-order valence-corrected chi connectivity index (χ2v) is 5.68. The van der Waals surface area contributed by atoms with Crippen molar-refractivity contribution >= 4 is 19.2 Å². The van der Waals surface area contributed by atoms with Gasteiger partial charge in [-0.2, -0.15) is 0 Å². The Labute approximate surface area is 149 Å². The molecular formula is C21H18BNO2. The number of ether oxygens (including phenoxy) is 1. The van der Waals surface area contributed by atoms with Gasteiger partial charge >= 0.3 is 0 Å². The van der Waals surface area contributed by atoms with Gasteiger partial charge in [-0.1, -0.05) is 78.3 Å². The van der Waals surface area contributed by atoms with E-state index in [1.807, 2.05) is 60.7 Å². The third kappa shape index (κ3) is 4.74. The van der Waals surface area contributed by atoms with Gasteiger partial charge in [0.15, 0.2) is 0 Å². The first-order chi connectivity index (χ1) is 12.2. The first-order valence-electron chi connectivity index (χ1n) is 8.11. The fraction of sp³-hybridized carbons (Fsp3) is 0.0952. The molecule has 3 rings (SSSR count). The van der Waals surface area contributed by atoms with E-state index in [-0.39, 0.29) is 5.91 Å². The molecule has 0 aliphatic rings. The lowest BCUT2D eigenvalue weighted by Gasteiger charge is -2.19. The molecular weight excluding hydrogens is 309 g/mol. The summed E-state index contributed by atoms with van der Waals surface area (Å²) in [6, 6.07) is 26.2. The third-order valence-electron chi connectivity index (χ3n) is 3.78. The number of nitrogens with one attached hydrogen (secondary N) is 1. The monoisotopic (exact) mass is 327 g/mol. The van der Waals surface area contributed by atoms with Crippen LogP contribution in [0.3, 0.4) is 0 Å². The molecule has 122 valence electrons. The van der Waals surface area contributed by atoms with Gasteiger partial charge in [-0.3, -0.25) is 4.79 Å². The van der Waals surface area contributed by atoms with Gasteiger partial charge in [-0.15, -0.1) is 0 Å². The molecule has 0 aromatic heterocycles. The zero-order valence-electron chi connectivity index (χ0n) is 13.8. The molecule has 0 bridgehead atoms. The molecule has 0 heterocycles. The minimum atomic E-state index is -0.728. The maximum atomic E-state index is 12.7. The van der Waals surface area contributed by atoms with Gasteiger partial charge in [0, 0.05) is 12.1 Å². The van der Waals surface area contributed by atoms with Crippen LogP contribution in [0.1, 0.15) is 17.2 Å². The Balaban J connectivity index is 1.76. The van der Waals surface area contributed by atoms with Crippen LogP contribution in [0, 0.1) is 0 Å². The number of amides is 1. The molecule has 0 saturated carbocycles. The highest BCUT2D eigenvalue weighted by Crippen LogP contribution is 2.21. The highest BCUT2D eigenvalue weighted by molar-refractivity contribution is 6.32. The van der Waals surface area contributed by atoms with Crippen molar-refractivity contribution in [2.24, 2.45) is 0 Å². The van der Waals surface area contributed by atoms with E-state index in [0.717, 1.165) is 11.1 Å². The van der Waals surface area contributed by atoms with Crippen LogP contribution in [-0.2, 0) is 11.3 Å². The topological polar surface area (TPSA) is 38.3 Å². The zero-order chi connectivity index (χ0) is 17.5. The minimum absolute atomic E-state index is 0.188. The largest absolute Gasteiger partial charge is 0.476 e. The first-order valence-corrected chi connectivity index (χ1v) is 8.11. The lowest BCUT2D eigenvalue weighted by molar-refractivity contribution is -0.128. The van der Waals surface area contributed by atoms with Gasteiger partial charge < -0.3 is 10.1 Å². The first kappa shape index (κ1) is 16.8. The summed E-state index contributed by atoms with van der Waals surface area (Å²) in [6.07, 6.45) is -0.728. The van der Waals surface area contributed by atoms with Crippen LogP contribution in [0.15, 0.2) is 84.9 Å². The smallest absolute Gasteiger partial charge is 0.266 e. The summed E-state index contributed by atoms with van der Waals surface area (Å²) in [7, 11) is 5.71. The lowest BCUT2D eigenvalue weighted by Crippen LogP contribution is -2.32. The number of benzene rings is 3. The van der Waals surface area contributed by atoms with Crippen molar-refractivity contribution in [1.82, 2.24) is 5.32 Å². The normalized spacial score (nSPS) is 11.5. The van der Waals surface area contributed by atoms with Crippen LogP contribution < -0.4 is 15.5 Å². The second-order valence-electron chi connectivity index (χ2n) is 5.68. The number of carbonyl (C=O) groups excluding carboxylic acids is 1. The zero-order valence-corrected chi connectivity index (χ0v) is 13.8. The highest BCUT2D eigenvalue weighted by atomic mass is 16.5. The molecule has 1 amide bonds. The Hall–Kier alpha value is -3.01. The summed E-state index contributed by atoms with van der Waals surface area (Å²) in [4.78, 5) is 12.7. The molecule has 3 aromatic carbocycles. The number of carbonyl (C=O) groups is 1. The lowest BCUT2D eigenvalue weighted by atomic mass is 9.97. The van der Waals surface area contributed by atoms with Crippen LogP contribution >= 0.6 is 0 Å². The maximum Gasteiger partial charge on any atom is 0.266 e. The molecule has 0 aliphatic heterocycles. The minimum Gasteiger partial charge on any atom is -0.476 e. The summed E-state index contributed by atoms with van der Waals surface area (Å²) >= 11 is 0. The molecule has 25 heavy (non-hydrogen) atoms. The van der Waals surface area contributed by atoms with Gasteiger partial charge in [0.25, 0.3) is 5.91 Å². The fourth-order valence-electron chi connectivity index (χ4n) is 2.46. The standard InChI is InChI=1S/C21H18BNO2/c22-18-11-13-19(14-12-18)25-20(17-9-5-2-6-10-17)21(24)23-15-16-7-3-1-4-8-16/h1-14,20H,15H2,(H,23,24). The number of hydrogen-bond donors (Lipinski definition) is 1. The molecule has 1 N–H and O–H groups in total. The van der Waals surface area contributed by atoms with E-state index in [9.17, 15) is 4.79 Å². The van der Waals surface area contributed by atoms with Crippen molar-refractivity contribution in [2.75, 3.05) is 0 Å².